The Morgan fingerprint density at radius 2 is 1.64 bits per heavy atom. The summed E-state index contributed by atoms with van der Waals surface area (Å²) in [5.74, 6) is 0.203. The van der Waals surface area contributed by atoms with Crippen LogP contribution in [-0.4, -0.2) is 136 Å². The Balaban J connectivity index is 1.45. The molecule has 1 aliphatic carbocycles. The van der Waals surface area contributed by atoms with Crippen molar-refractivity contribution in [3.05, 3.63) is 35.9 Å². The van der Waals surface area contributed by atoms with Gasteiger partial charge in [-0.2, -0.15) is 0 Å². The molecule has 2 aliphatic heterocycles. The largest absolute Gasteiger partial charge is 0.448 e. The van der Waals surface area contributed by atoms with E-state index in [0.717, 1.165) is 70.0 Å². The number of carbonyl (C=O) groups excluding carboxylic acids is 3. The first-order valence-corrected chi connectivity index (χ1v) is 21.6. The normalized spacial score (nSPS) is 20.2. The molecule has 3 amide bonds. The Hall–Kier alpha value is -2.81. The molecule has 4 rings (SSSR count). The van der Waals surface area contributed by atoms with Crippen molar-refractivity contribution in [3.63, 3.8) is 0 Å². The Bertz CT molecular complexity index is 1250. The number of amides is 3. The van der Waals surface area contributed by atoms with E-state index in [4.69, 9.17) is 18.9 Å². The highest BCUT2D eigenvalue weighted by molar-refractivity contribution is 5.86. The van der Waals surface area contributed by atoms with Gasteiger partial charge in [-0.25, -0.2) is 4.79 Å². The van der Waals surface area contributed by atoms with Crippen LogP contribution >= 0.6 is 0 Å². The Labute approximate surface area is 336 Å². The second-order valence-corrected chi connectivity index (χ2v) is 16.4. The zero-order chi connectivity index (χ0) is 40.1. The Kier molecular flexibility index (Phi) is 20.9. The number of alkyl carbamates (subject to hydrolysis) is 1. The van der Waals surface area contributed by atoms with E-state index in [1.807, 2.05) is 49.1 Å². The number of nitrogens with zero attached hydrogens (tertiary/aromatic N) is 2. The first-order valence-electron chi connectivity index (χ1n) is 21.6. The lowest BCUT2D eigenvalue weighted by Gasteiger charge is -2.36. The van der Waals surface area contributed by atoms with Gasteiger partial charge in [0.05, 0.1) is 43.5 Å². The minimum absolute atomic E-state index is 0.0187. The summed E-state index contributed by atoms with van der Waals surface area (Å²) < 4.78 is 21.8. The standard InChI is InChI=1S/C43H73N5O8/c1-5-6-17-36(44-39(29-34-15-11-8-12-16-34)42(51)48-20-18-35(19-21-48)56-31-53-4)41(50)45-38(28-33-13-9-7-10-14-33)40(49)30-37(32(2)3)46-43(52)55-27-24-47-22-25-54-26-23-47/h8,11-12,15-16,32-33,35-40,44,49H,5-7,9-10,13-14,17-31H2,1-4H3,(H,45,50)(H,46,52)/t36-,37-,38-,39-,40-/m0/s1. The fourth-order valence-corrected chi connectivity index (χ4v) is 8.22. The summed E-state index contributed by atoms with van der Waals surface area (Å²) >= 11 is 0. The molecular weight excluding hydrogens is 714 g/mol. The molecule has 3 aliphatic rings. The maximum Gasteiger partial charge on any atom is 0.407 e. The number of rotatable bonds is 23. The van der Waals surface area contributed by atoms with Crippen molar-refractivity contribution < 1.29 is 38.4 Å². The van der Waals surface area contributed by atoms with Gasteiger partial charge in [-0.1, -0.05) is 96.0 Å². The van der Waals surface area contributed by atoms with Crippen LogP contribution < -0.4 is 16.0 Å². The van der Waals surface area contributed by atoms with Crippen LogP contribution in [0.4, 0.5) is 4.79 Å². The van der Waals surface area contributed by atoms with E-state index in [0.29, 0.717) is 58.0 Å². The molecule has 0 bridgehead atoms. The molecule has 318 valence electrons. The molecule has 13 heteroatoms. The summed E-state index contributed by atoms with van der Waals surface area (Å²) in [6.45, 7) is 11.5. The smallest absolute Gasteiger partial charge is 0.407 e. The third-order valence-corrected chi connectivity index (χ3v) is 11.8. The highest BCUT2D eigenvalue weighted by Crippen LogP contribution is 2.29. The summed E-state index contributed by atoms with van der Waals surface area (Å²) in [4.78, 5) is 45.7. The maximum absolute atomic E-state index is 14.4. The number of unbranched alkanes of at least 4 members (excludes halogenated alkanes) is 1. The maximum atomic E-state index is 14.4. The van der Waals surface area contributed by atoms with Gasteiger partial charge in [-0.15, -0.1) is 0 Å². The van der Waals surface area contributed by atoms with Gasteiger partial charge in [0.25, 0.3) is 0 Å². The predicted molar refractivity (Wildman–Crippen MR) is 217 cm³/mol. The van der Waals surface area contributed by atoms with Gasteiger partial charge in [-0.05, 0) is 55.9 Å². The van der Waals surface area contributed by atoms with Crippen LogP contribution in [0.1, 0.15) is 103 Å². The summed E-state index contributed by atoms with van der Waals surface area (Å²) in [6, 6.07) is 7.85. The van der Waals surface area contributed by atoms with Crippen LogP contribution in [0, 0.1) is 11.8 Å². The third-order valence-electron chi connectivity index (χ3n) is 11.8. The molecule has 0 aromatic heterocycles. The Morgan fingerprint density at radius 1 is 0.929 bits per heavy atom. The van der Waals surface area contributed by atoms with Gasteiger partial charge in [0.15, 0.2) is 0 Å². The minimum Gasteiger partial charge on any atom is -0.448 e. The molecular formula is C43H73N5O8. The number of morpholine rings is 1. The quantitative estimate of drug-likeness (QED) is 0.116. The van der Waals surface area contributed by atoms with E-state index in [2.05, 4.69) is 27.8 Å². The average molecular weight is 788 g/mol. The van der Waals surface area contributed by atoms with Crippen LogP contribution in [0.5, 0.6) is 0 Å². The van der Waals surface area contributed by atoms with Gasteiger partial charge in [0, 0.05) is 45.9 Å². The SMILES string of the molecule is CCCC[C@H](N[C@@H](Cc1ccccc1)C(=O)N1CCC(OCOC)CC1)C(=O)N[C@@H](CC1CCCCC1)[C@@H](O)C[C@H](NC(=O)OCCN1CCOCC1)C(C)C. The fourth-order valence-electron chi connectivity index (χ4n) is 8.22. The highest BCUT2D eigenvalue weighted by atomic mass is 16.7. The lowest BCUT2D eigenvalue weighted by atomic mass is 9.82. The first kappa shape index (κ1) is 45.9. The molecule has 1 aromatic carbocycles. The number of hydrogen-bond acceptors (Lipinski definition) is 10. The number of benzene rings is 1. The number of nitrogens with one attached hydrogen (secondary N) is 3. The molecule has 2 saturated heterocycles. The van der Waals surface area contributed by atoms with Crippen molar-refractivity contribution in [2.24, 2.45) is 11.8 Å². The van der Waals surface area contributed by atoms with Crippen LogP contribution in [0.15, 0.2) is 30.3 Å². The van der Waals surface area contributed by atoms with Gasteiger partial charge in [0.2, 0.25) is 11.8 Å². The number of ether oxygens (including phenoxy) is 4. The fraction of sp³-hybridized carbons (Fsp3) is 0.791. The second-order valence-electron chi connectivity index (χ2n) is 16.4. The predicted octanol–water partition coefficient (Wildman–Crippen LogP) is 4.65. The van der Waals surface area contributed by atoms with Crippen molar-refractivity contribution >= 4 is 17.9 Å². The third kappa shape index (κ3) is 16.2. The van der Waals surface area contributed by atoms with E-state index in [-0.39, 0.29) is 49.7 Å². The molecule has 0 spiro atoms. The monoisotopic (exact) mass is 788 g/mol. The number of carbonyl (C=O) groups is 3. The molecule has 3 fully saturated rings. The van der Waals surface area contributed by atoms with Crippen molar-refractivity contribution in [2.75, 3.05) is 66.4 Å². The Morgan fingerprint density at radius 3 is 2.30 bits per heavy atom. The molecule has 4 N–H and O–H groups in total. The van der Waals surface area contributed by atoms with Crippen LogP contribution in [-0.2, 0) is 35.0 Å². The van der Waals surface area contributed by atoms with Gasteiger partial charge in [-0.3, -0.25) is 19.8 Å². The second kappa shape index (κ2) is 25.5. The lowest BCUT2D eigenvalue weighted by Crippen LogP contribution is -2.58. The first-order chi connectivity index (χ1) is 27.2. The van der Waals surface area contributed by atoms with Gasteiger partial charge in [0.1, 0.15) is 13.4 Å². The minimum atomic E-state index is -0.892. The number of likely N-dealkylation sites (tertiary alicyclic amines) is 1. The molecule has 1 saturated carbocycles. The van der Waals surface area contributed by atoms with Crippen LogP contribution in [0.3, 0.4) is 0 Å². The molecule has 1 aromatic rings. The van der Waals surface area contributed by atoms with Gasteiger partial charge >= 0.3 is 6.09 Å². The van der Waals surface area contributed by atoms with Crippen LogP contribution in [0.2, 0.25) is 0 Å². The van der Waals surface area contributed by atoms with E-state index in [1.165, 1.54) is 6.42 Å². The van der Waals surface area contributed by atoms with Crippen LogP contribution in [0.25, 0.3) is 0 Å². The number of piperidine rings is 1. The van der Waals surface area contributed by atoms with E-state index < -0.39 is 30.3 Å². The topological polar surface area (TPSA) is 151 Å². The number of hydrogen-bond donors (Lipinski definition) is 4. The summed E-state index contributed by atoms with van der Waals surface area (Å²) in [7, 11) is 1.61. The van der Waals surface area contributed by atoms with E-state index in [1.54, 1.807) is 7.11 Å². The molecule has 56 heavy (non-hydrogen) atoms. The summed E-state index contributed by atoms with van der Waals surface area (Å²) in [6.07, 6.45) is 9.41. The number of aliphatic hydroxyl groups is 1. The van der Waals surface area contributed by atoms with E-state index in [9.17, 15) is 19.5 Å². The van der Waals surface area contributed by atoms with Crippen molar-refractivity contribution in [3.8, 4) is 0 Å². The zero-order valence-corrected chi connectivity index (χ0v) is 34.8. The van der Waals surface area contributed by atoms with E-state index >= 15 is 0 Å². The van der Waals surface area contributed by atoms with Crippen molar-refractivity contribution in [1.82, 2.24) is 25.8 Å². The number of aliphatic hydroxyl groups excluding tert-OH is 1. The van der Waals surface area contributed by atoms with Gasteiger partial charge < -0.3 is 39.6 Å². The van der Waals surface area contributed by atoms with Crippen molar-refractivity contribution in [1.29, 1.82) is 0 Å². The summed E-state index contributed by atoms with van der Waals surface area (Å²) in [5, 5.41) is 21.7. The molecule has 0 unspecified atom stereocenters. The van der Waals surface area contributed by atoms with Crippen molar-refractivity contribution in [2.45, 2.75) is 141 Å². The highest BCUT2D eigenvalue weighted by Gasteiger charge is 2.35. The summed E-state index contributed by atoms with van der Waals surface area (Å²) in [5.41, 5.74) is 1.02. The zero-order valence-electron chi connectivity index (χ0n) is 34.8. The molecule has 13 nitrogen and oxygen atoms in total. The lowest BCUT2D eigenvalue weighted by molar-refractivity contribution is -0.139. The molecule has 2 heterocycles. The molecule has 0 radical (unpaired) electrons. The average Bonchev–Trinajstić information content (AvgIpc) is 3.21. The number of methoxy groups -OCH3 is 1. The molecule has 5 atom stereocenters.